The van der Waals surface area contributed by atoms with Gasteiger partial charge in [0.25, 0.3) is 0 Å². The van der Waals surface area contributed by atoms with Crippen LogP contribution in [0.2, 0.25) is 0 Å². The van der Waals surface area contributed by atoms with Crippen LogP contribution in [0.25, 0.3) is 10.8 Å². The fourth-order valence-electron chi connectivity index (χ4n) is 2.96. The van der Waals surface area contributed by atoms with E-state index in [0.717, 1.165) is 16.3 Å². The normalized spacial score (nSPS) is 13.0. The van der Waals surface area contributed by atoms with E-state index in [4.69, 9.17) is 14.2 Å². The van der Waals surface area contributed by atoms with Crippen molar-refractivity contribution >= 4 is 22.7 Å². The Morgan fingerprint density at radius 1 is 1.04 bits per heavy atom. The second kappa shape index (κ2) is 10.5. The molecule has 0 saturated heterocycles. The first kappa shape index (κ1) is 20.6. The van der Waals surface area contributed by atoms with Gasteiger partial charge in [-0.2, -0.15) is 0 Å². The molecular weight excluding hydrogens is 344 g/mol. The average Bonchev–Trinajstić information content (AvgIpc) is 2.67. The van der Waals surface area contributed by atoms with Gasteiger partial charge in [-0.15, -0.1) is 6.58 Å². The van der Waals surface area contributed by atoms with Crippen LogP contribution in [0.1, 0.15) is 31.9 Å². The molecule has 0 aliphatic carbocycles. The molecule has 2 aromatic rings. The minimum Gasteiger partial charge on any atom is -0.466 e. The Bertz CT molecular complexity index is 783. The highest BCUT2D eigenvalue weighted by Gasteiger charge is 2.34. The van der Waals surface area contributed by atoms with Gasteiger partial charge in [-0.25, -0.2) is 0 Å². The Kier molecular flexibility index (Phi) is 8.01. The lowest BCUT2D eigenvalue weighted by atomic mass is 9.91. The summed E-state index contributed by atoms with van der Waals surface area (Å²) in [6.45, 7) is 7.86. The van der Waals surface area contributed by atoms with Crippen LogP contribution in [0.15, 0.2) is 55.1 Å². The molecule has 2 aromatic carbocycles. The molecule has 2 atom stereocenters. The molecule has 0 saturated carbocycles. The van der Waals surface area contributed by atoms with Crippen molar-refractivity contribution in [2.45, 2.75) is 26.4 Å². The average molecular weight is 370 g/mol. The second-order valence-electron chi connectivity index (χ2n) is 6.02. The van der Waals surface area contributed by atoms with Gasteiger partial charge in [-0.1, -0.05) is 42.5 Å². The minimum absolute atomic E-state index is 0.110. The molecule has 0 aliphatic heterocycles. The van der Waals surface area contributed by atoms with Gasteiger partial charge in [0, 0.05) is 0 Å². The highest BCUT2D eigenvalue weighted by Crippen LogP contribution is 2.32. The molecule has 144 valence electrons. The molecule has 0 fully saturated rings. The predicted molar refractivity (Wildman–Crippen MR) is 104 cm³/mol. The van der Waals surface area contributed by atoms with Crippen LogP contribution in [0.4, 0.5) is 0 Å². The first-order valence-corrected chi connectivity index (χ1v) is 9.14. The summed E-state index contributed by atoms with van der Waals surface area (Å²) in [7, 11) is 0. The first-order valence-electron chi connectivity index (χ1n) is 9.14. The molecule has 27 heavy (non-hydrogen) atoms. The lowest BCUT2D eigenvalue weighted by Gasteiger charge is -2.25. The van der Waals surface area contributed by atoms with Crippen molar-refractivity contribution in [2.75, 3.05) is 19.8 Å². The number of carbonyl (C=O) groups excluding carboxylic acids is 2. The van der Waals surface area contributed by atoms with Gasteiger partial charge in [0.05, 0.1) is 38.3 Å². The fraction of sp³-hybridized carbons (Fsp3) is 0.364. The largest absolute Gasteiger partial charge is 0.466 e. The molecule has 0 heterocycles. The summed E-state index contributed by atoms with van der Waals surface area (Å²) in [6.07, 6.45) is 0.859. The molecule has 5 heteroatoms. The summed E-state index contributed by atoms with van der Waals surface area (Å²) < 4.78 is 16.1. The number of hydrogen-bond acceptors (Lipinski definition) is 5. The Morgan fingerprint density at radius 3 is 2.41 bits per heavy atom. The summed E-state index contributed by atoms with van der Waals surface area (Å²) in [4.78, 5) is 24.7. The summed E-state index contributed by atoms with van der Waals surface area (Å²) in [5.74, 6) is -1.73. The first-order chi connectivity index (χ1) is 13.1. The van der Waals surface area contributed by atoms with E-state index in [9.17, 15) is 9.59 Å². The van der Waals surface area contributed by atoms with Crippen LogP contribution in [0.3, 0.4) is 0 Å². The smallest absolute Gasteiger partial charge is 0.312 e. The fourth-order valence-corrected chi connectivity index (χ4v) is 2.96. The zero-order chi connectivity index (χ0) is 19.6. The molecule has 0 aromatic heterocycles. The van der Waals surface area contributed by atoms with Gasteiger partial charge in [-0.05, 0) is 36.2 Å². The standard InChI is InChI=1S/C22H26O5/c1-4-13-27-21(18-12-11-16-9-7-8-10-17(16)14-18)19(22(24)26-6-3)15-20(23)25-5-2/h4,7-12,14,19,21H,1,5-6,13,15H2,2-3H3/t19-,21?/m1/s1. The van der Waals surface area contributed by atoms with Gasteiger partial charge in [0.1, 0.15) is 0 Å². The van der Waals surface area contributed by atoms with Crippen LogP contribution in [-0.4, -0.2) is 31.8 Å². The van der Waals surface area contributed by atoms with Crippen molar-refractivity contribution in [3.05, 3.63) is 60.7 Å². The SMILES string of the molecule is C=CCOC(c1ccc2ccccc2c1)[C@@H](CC(=O)OCC)C(=O)OCC. The molecule has 5 nitrogen and oxygen atoms in total. The van der Waals surface area contributed by atoms with Crippen LogP contribution in [-0.2, 0) is 23.8 Å². The number of benzene rings is 2. The van der Waals surface area contributed by atoms with Crippen molar-refractivity contribution in [3.63, 3.8) is 0 Å². The zero-order valence-electron chi connectivity index (χ0n) is 15.9. The van der Waals surface area contributed by atoms with Crippen LogP contribution in [0.5, 0.6) is 0 Å². The van der Waals surface area contributed by atoms with E-state index in [-0.39, 0.29) is 26.2 Å². The third-order valence-electron chi connectivity index (χ3n) is 4.14. The second-order valence-corrected chi connectivity index (χ2v) is 6.02. The van der Waals surface area contributed by atoms with Crippen LogP contribution >= 0.6 is 0 Å². The minimum atomic E-state index is -0.801. The Labute approximate surface area is 159 Å². The lowest BCUT2D eigenvalue weighted by molar-refractivity contribution is -0.160. The Morgan fingerprint density at radius 2 is 1.74 bits per heavy atom. The third kappa shape index (κ3) is 5.66. The highest BCUT2D eigenvalue weighted by molar-refractivity contribution is 5.84. The highest BCUT2D eigenvalue weighted by atomic mass is 16.5. The van der Waals surface area contributed by atoms with E-state index in [1.54, 1.807) is 19.9 Å². The van der Waals surface area contributed by atoms with Gasteiger partial charge < -0.3 is 14.2 Å². The number of hydrogen-bond donors (Lipinski definition) is 0. The molecule has 2 rings (SSSR count). The van der Waals surface area contributed by atoms with Gasteiger partial charge in [-0.3, -0.25) is 9.59 Å². The molecule has 0 amide bonds. The lowest BCUT2D eigenvalue weighted by Crippen LogP contribution is -2.29. The number of ether oxygens (including phenoxy) is 3. The predicted octanol–water partition coefficient (Wildman–Crippen LogP) is 4.22. The summed E-state index contributed by atoms with van der Waals surface area (Å²) in [5.41, 5.74) is 0.804. The summed E-state index contributed by atoms with van der Waals surface area (Å²) in [6, 6.07) is 13.8. The molecular formula is C22H26O5. The topological polar surface area (TPSA) is 61.8 Å². The molecule has 0 N–H and O–H groups in total. The number of carbonyl (C=O) groups is 2. The maximum Gasteiger partial charge on any atom is 0.312 e. The van der Waals surface area contributed by atoms with Crippen LogP contribution in [0, 0.1) is 5.92 Å². The van der Waals surface area contributed by atoms with Crippen LogP contribution < -0.4 is 0 Å². The van der Waals surface area contributed by atoms with E-state index in [1.807, 2.05) is 42.5 Å². The number of fused-ring (bicyclic) bond motifs is 1. The van der Waals surface area contributed by atoms with Gasteiger partial charge in [0.15, 0.2) is 0 Å². The van der Waals surface area contributed by atoms with Crippen molar-refractivity contribution in [1.82, 2.24) is 0 Å². The van der Waals surface area contributed by atoms with Crippen molar-refractivity contribution in [2.24, 2.45) is 5.92 Å². The van der Waals surface area contributed by atoms with E-state index in [0.29, 0.717) is 0 Å². The van der Waals surface area contributed by atoms with E-state index in [2.05, 4.69) is 6.58 Å². The molecule has 0 radical (unpaired) electrons. The maximum absolute atomic E-state index is 12.6. The summed E-state index contributed by atoms with van der Waals surface area (Å²) in [5, 5.41) is 2.11. The zero-order valence-corrected chi connectivity index (χ0v) is 15.9. The Balaban J connectivity index is 2.41. The van der Waals surface area contributed by atoms with Crippen molar-refractivity contribution in [1.29, 1.82) is 0 Å². The molecule has 0 bridgehead atoms. The monoisotopic (exact) mass is 370 g/mol. The molecule has 0 spiro atoms. The quantitative estimate of drug-likeness (QED) is 0.463. The maximum atomic E-state index is 12.6. The van der Waals surface area contributed by atoms with Crippen molar-refractivity contribution in [3.8, 4) is 0 Å². The summed E-state index contributed by atoms with van der Waals surface area (Å²) >= 11 is 0. The Hall–Kier alpha value is -2.66. The molecule has 0 aliphatic rings. The van der Waals surface area contributed by atoms with E-state index < -0.39 is 24.0 Å². The van der Waals surface area contributed by atoms with E-state index in [1.165, 1.54) is 0 Å². The molecule has 1 unspecified atom stereocenters. The van der Waals surface area contributed by atoms with Gasteiger partial charge in [0.2, 0.25) is 0 Å². The van der Waals surface area contributed by atoms with Crippen molar-refractivity contribution < 1.29 is 23.8 Å². The van der Waals surface area contributed by atoms with Gasteiger partial charge >= 0.3 is 11.9 Å². The van der Waals surface area contributed by atoms with E-state index >= 15 is 0 Å². The number of esters is 2. The number of rotatable bonds is 10. The third-order valence-corrected chi connectivity index (χ3v) is 4.14.